The van der Waals surface area contributed by atoms with Gasteiger partial charge in [-0.15, -0.1) is 0 Å². The summed E-state index contributed by atoms with van der Waals surface area (Å²) in [5.74, 6) is -0.251. The van der Waals surface area contributed by atoms with E-state index >= 15 is 0 Å². The largest absolute Gasteiger partial charge is 0.444 e. The van der Waals surface area contributed by atoms with Gasteiger partial charge >= 0.3 is 6.09 Å². The SMILES string of the molecule is CC(C)(C)OC(=O)N1CCC(C(F)C#N)CC1. The average molecular weight is 242 g/mol. The van der Waals surface area contributed by atoms with Gasteiger partial charge in [-0.3, -0.25) is 0 Å². The number of halogens is 1. The molecule has 0 radical (unpaired) electrons. The summed E-state index contributed by atoms with van der Waals surface area (Å²) in [6, 6.07) is 1.62. The maximum atomic E-state index is 13.1. The molecule has 1 atom stereocenters. The number of carbonyl (C=O) groups is 1. The number of nitriles is 1. The van der Waals surface area contributed by atoms with E-state index in [1.807, 2.05) is 20.8 Å². The van der Waals surface area contributed by atoms with Gasteiger partial charge < -0.3 is 9.64 Å². The average Bonchev–Trinajstić information content (AvgIpc) is 2.26. The maximum absolute atomic E-state index is 13.1. The lowest BCUT2D eigenvalue weighted by molar-refractivity contribution is 0.0161. The first kappa shape index (κ1) is 13.8. The fourth-order valence-electron chi connectivity index (χ4n) is 1.81. The number of likely N-dealkylation sites (tertiary alicyclic amines) is 1. The standard InChI is InChI=1S/C12H19FN2O2/c1-12(2,3)17-11(16)15-6-4-9(5-7-15)10(13)8-14/h9-10H,4-7H2,1-3H3. The minimum absolute atomic E-state index is 0.251. The van der Waals surface area contributed by atoms with Crippen molar-refractivity contribution in [3.05, 3.63) is 0 Å². The van der Waals surface area contributed by atoms with E-state index in [1.165, 1.54) is 0 Å². The molecular weight excluding hydrogens is 223 g/mol. The van der Waals surface area contributed by atoms with Crippen LogP contribution in [0.5, 0.6) is 0 Å². The molecule has 0 N–H and O–H groups in total. The highest BCUT2D eigenvalue weighted by molar-refractivity contribution is 5.68. The summed E-state index contributed by atoms with van der Waals surface area (Å²) in [7, 11) is 0. The van der Waals surface area contributed by atoms with E-state index in [-0.39, 0.29) is 12.0 Å². The third-order valence-electron chi connectivity index (χ3n) is 2.73. The van der Waals surface area contributed by atoms with Gasteiger partial charge in [0.15, 0.2) is 6.17 Å². The number of rotatable bonds is 1. The smallest absolute Gasteiger partial charge is 0.410 e. The molecule has 0 aromatic rings. The zero-order valence-electron chi connectivity index (χ0n) is 10.6. The Morgan fingerprint density at radius 2 is 2.00 bits per heavy atom. The van der Waals surface area contributed by atoms with Crippen molar-refractivity contribution < 1.29 is 13.9 Å². The van der Waals surface area contributed by atoms with Crippen molar-refractivity contribution in [2.45, 2.75) is 45.4 Å². The Morgan fingerprint density at radius 3 is 2.41 bits per heavy atom. The van der Waals surface area contributed by atoms with E-state index in [4.69, 9.17) is 10.00 Å². The summed E-state index contributed by atoms with van der Waals surface area (Å²) in [4.78, 5) is 13.3. The number of hydrogen-bond donors (Lipinski definition) is 0. The third kappa shape index (κ3) is 4.22. The van der Waals surface area contributed by atoms with Gasteiger partial charge in [0.1, 0.15) is 11.7 Å². The molecule has 1 fully saturated rings. The number of nitrogens with zero attached hydrogens (tertiary/aromatic N) is 2. The van der Waals surface area contributed by atoms with E-state index in [2.05, 4.69) is 0 Å². The predicted molar refractivity (Wildman–Crippen MR) is 61.0 cm³/mol. The van der Waals surface area contributed by atoms with Crippen molar-refractivity contribution in [3.63, 3.8) is 0 Å². The van der Waals surface area contributed by atoms with Crippen molar-refractivity contribution in [2.75, 3.05) is 13.1 Å². The molecule has 4 nitrogen and oxygen atoms in total. The van der Waals surface area contributed by atoms with Gasteiger partial charge in [0, 0.05) is 19.0 Å². The Morgan fingerprint density at radius 1 is 1.47 bits per heavy atom. The van der Waals surface area contributed by atoms with E-state index < -0.39 is 11.8 Å². The third-order valence-corrected chi connectivity index (χ3v) is 2.73. The highest BCUT2D eigenvalue weighted by Crippen LogP contribution is 2.23. The molecule has 1 rings (SSSR count). The molecule has 1 saturated heterocycles. The maximum Gasteiger partial charge on any atom is 0.410 e. The van der Waals surface area contributed by atoms with E-state index in [9.17, 15) is 9.18 Å². The van der Waals surface area contributed by atoms with E-state index in [0.29, 0.717) is 25.9 Å². The van der Waals surface area contributed by atoms with Crippen molar-refractivity contribution in [1.82, 2.24) is 4.90 Å². The second-order valence-corrected chi connectivity index (χ2v) is 5.34. The van der Waals surface area contributed by atoms with Crippen LogP contribution in [0.3, 0.4) is 0 Å². The second kappa shape index (κ2) is 5.35. The first-order chi connectivity index (χ1) is 7.83. The van der Waals surface area contributed by atoms with Crippen LogP contribution < -0.4 is 0 Å². The fourth-order valence-corrected chi connectivity index (χ4v) is 1.81. The van der Waals surface area contributed by atoms with E-state index in [1.54, 1.807) is 11.0 Å². The normalized spacial score (nSPS) is 19.6. The first-order valence-corrected chi connectivity index (χ1v) is 5.85. The van der Waals surface area contributed by atoms with Gasteiger partial charge in [-0.25, -0.2) is 9.18 Å². The van der Waals surface area contributed by atoms with E-state index in [0.717, 1.165) is 0 Å². The molecule has 1 aliphatic rings. The summed E-state index contributed by atoms with van der Waals surface area (Å²) in [6.07, 6.45) is -0.735. The topological polar surface area (TPSA) is 53.3 Å². The summed E-state index contributed by atoms with van der Waals surface area (Å²) in [5, 5.41) is 8.48. The summed E-state index contributed by atoms with van der Waals surface area (Å²) in [5.41, 5.74) is -0.511. The van der Waals surface area contributed by atoms with Crippen LogP contribution in [0.15, 0.2) is 0 Å². The fraction of sp³-hybridized carbons (Fsp3) is 0.833. The lowest BCUT2D eigenvalue weighted by atomic mass is 9.93. The van der Waals surface area contributed by atoms with Crippen LogP contribution in [0.4, 0.5) is 9.18 Å². The van der Waals surface area contributed by atoms with Gasteiger partial charge in [-0.05, 0) is 33.6 Å². The molecule has 1 heterocycles. The number of ether oxygens (including phenoxy) is 1. The van der Waals surface area contributed by atoms with Crippen LogP contribution in [-0.2, 0) is 4.74 Å². The number of amides is 1. The molecule has 0 bridgehead atoms. The minimum Gasteiger partial charge on any atom is -0.444 e. The van der Waals surface area contributed by atoms with Crippen molar-refractivity contribution in [3.8, 4) is 6.07 Å². The van der Waals surface area contributed by atoms with Crippen LogP contribution in [0.1, 0.15) is 33.6 Å². The Labute approximate surface area is 101 Å². The molecule has 0 aliphatic carbocycles. The molecule has 1 unspecified atom stereocenters. The molecule has 1 amide bonds. The first-order valence-electron chi connectivity index (χ1n) is 5.85. The van der Waals surface area contributed by atoms with Gasteiger partial charge in [0.2, 0.25) is 0 Å². The van der Waals surface area contributed by atoms with Crippen molar-refractivity contribution in [2.24, 2.45) is 5.92 Å². The van der Waals surface area contributed by atoms with Crippen molar-refractivity contribution in [1.29, 1.82) is 5.26 Å². The van der Waals surface area contributed by atoms with Crippen LogP contribution in [0.2, 0.25) is 0 Å². The summed E-state index contributed by atoms with van der Waals surface area (Å²) in [6.45, 7) is 6.35. The summed E-state index contributed by atoms with van der Waals surface area (Å²) >= 11 is 0. The van der Waals surface area contributed by atoms with Gasteiger partial charge in [-0.2, -0.15) is 5.26 Å². The minimum atomic E-state index is -1.42. The molecule has 0 saturated carbocycles. The highest BCUT2D eigenvalue weighted by Gasteiger charge is 2.30. The molecule has 0 spiro atoms. The molecule has 1 aliphatic heterocycles. The summed E-state index contributed by atoms with van der Waals surface area (Å²) < 4.78 is 18.3. The molecule has 17 heavy (non-hydrogen) atoms. The quantitative estimate of drug-likeness (QED) is 0.709. The molecule has 0 aromatic carbocycles. The van der Waals surface area contributed by atoms with Crippen molar-refractivity contribution >= 4 is 6.09 Å². The zero-order valence-corrected chi connectivity index (χ0v) is 10.6. The van der Waals surface area contributed by atoms with Crippen LogP contribution in [0, 0.1) is 17.2 Å². The zero-order chi connectivity index (χ0) is 13.1. The van der Waals surface area contributed by atoms with Gasteiger partial charge in [0.05, 0.1) is 0 Å². The number of hydrogen-bond acceptors (Lipinski definition) is 3. The molecule has 5 heteroatoms. The lowest BCUT2D eigenvalue weighted by Gasteiger charge is -2.33. The lowest BCUT2D eigenvalue weighted by Crippen LogP contribution is -2.43. The predicted octanol–water partition coefficient (Wildman–Crippen LogP) is 2.50. The van der Waals surface area contributed by atoms with Crippen LogP contribution >= 0.6 is 0 Å². The molecular formula is C12H19FN2O2. The van der Waals surface area contributed by atoms with Crippen LogP contribution in [0.25, 0.3) is 0 Å². The molecule has 0 aromatic heterocycles. The molecule has 96 valence electrons. The monoisotopic (exact) mass is 242 g/mol. The number of piperidine rings is 1. The number of carbonyl (C=O) groups excluding carboxylic acids is 1. The second-order valence-electron chi connectivity index (χ2n) is 5.34. The van der Waals surface area contributed by atoms with Gasteiger partial charge in [-0.1, -0.05) is 0 Å². The Balaban J connectivity index is 2.42. The highest BCUT2D eigenvalue weighted by atomic mass is 19.1. The number of alkyl halides is 1. The Kier molecular flexibility index (Phi) is 4.33. The van der Waals surface area contributed by atoms with Crippen LogP contribution in [-0.4, -0.2) is 35.9 Å². The Bertz CT molecular complexity index is 311. The van der Waals surface area contributed by atoms with Gasteiger partial charge in [0.25, 0.3) is 0 Å². The Hall–Kier alpha value is -1.31.